The standard InChI is InChI=1S/C16H23N3O/c1-12(2)9-19-10-13(3)17-16(19)18-15-7-5-6-14(8-15)11-20-4/h5-8,10,12H,9,11H2,1-4H3,(H,17,18). The molecule has 0 aliphatic rings. The van der Waals surface area contributed by atoms with Crippen LogP contribution in [0.3, 0.4) is 0 Å². The van der Waals surface area contributed by atoms with Crippen molar-refractivity contribution in [2.75, 3.05) is 12.4 Å². The van der Waals surface area contributed by atoms with E-state index in [1.54, 1.807) is 7.11 Å². The van der Waals surface area contributed by atoms with Crippen molar-refractivity contribution in [1.82, 2.24) is 9.55 Å². The Bertz CT molecular complexity index is 561. The molecular weight excluding hydrogens is 250 g/mol. The van der Waals surface area contributed by atoms with Crippen molar-refractivity contribution in [2.45, 2.75) is 33.9 Å². The van der Waals surface area contributed by atoms with Gasteiger partial charge in [0.05, 0.1) is 12.3 Å². The molecule has 0 aliphatic carbocycles. The number of aryl methyl sites for hydroxylation is 1. The molecule has 0 aliphatic heterocycles. The number of benzene rings is 1. The number of aromatic nitrogens is 2. The van der Waals surface area contributed by atoms with Crippen LogP contribution in [0.15, 0.2) is 30.5 Å². The van der Waals surface area contributed by atoms with E-state index in [2.05, 4.69) is 47.0 Å². The van der Waals surface area contributed by atoms with E-state index in [-0.39, 0.29) is 0 Å². The zero-order valence-electron chi connectivity index (χ0n) is 12.7. The number of hydrogen-bond donors (Lipinski definition) is 1. The van der Waals surface area contributed by atoms with Gasteiger partial charge in [0.1, 0.15) is 0 Å². The van der Waals surface area contributed by atoms with Gasteiger partial charge in [0, 0.05) is 25.5 Å². The van der Waals surface area contributed by atoms with E-state index in [1.807, 2.05) is 19.1 Å². The maximum atomic E-state index is 5.16. The molecule has 2 aromatic rings. The average molecular weight is 273 g/mol. The number of hydrogen-bond acceptors (Lipinski definition) is 3. The van der Waals surface area contributed by atoms with Crippen LogP contribution in [0.1, 0.15) is 25.1 Å². The molecule has 0 bridgehead atoms. The molecule has 0 amide bonds. The molecule has 4 heteroatoms. The van der Waals surface area contributed by atoms with E-state index in [9.17, 15) is 0 Å². The number of nitrogens with zero attached hydrogens (tertiary/aromatic N) is 2. The summed E-state index contributed by atoms with van der Waals surface area (Å²) < 4.78 is 7.33. The lowest BCUT2D eigenvalue weighted by molar-refractivity contribution is 0.185. The first-order valence-corrected chi connectivity index (χ1v) is 6.97. The minimum absolute atomic E-state index is 0.587. The van der Waals surface area contributed by atoms with E-state index in [1.165, 1.54) is 0 Å². The third kappa shape index (κ3) is 3.84. The molecule has 1 aromatic heterocycles. The van der Waals surface area contributed by atoms with Gasteiger partial charge in [-0.2, -0.15) is 0 Å². The summed E-state index contributed by atoms with van der Waals surface area (Å²) >= 11 is 0. The van der Waals surface area contributed by atoms with Gasteiger partial charge in [-0.3, -0.25) is 0 Å². The summed E-state index contributed by atoms with van der Waals surface area (Å²) in [5.74, 6) is 1.48. The van der Waals surface area contributed by atoms with Crippen molar-refractivity contribution in [3.05, 3.63) is 41.7 Å². The third-order valence-corrected chi connectivity index (χ3v) is 2.95. The Kier molecular flexibility index (Phi) is 4.79. The zero-order chi connectivity index (χ0) is 14.5. The highest BCUT2D eigenvalue weighted by Gasteiger charge is 2.07. The highest BCUT2D eigenvalue weighted by Crippen LogP contribution is 2.19. The normalized spacial score (nSPS) is 11.1. The summed E-state index contributed by atoms with van der Waals surface area (Å²) in [6.07, 6.45) is 2.08. The Morgan fingerprint density at radius 3 is 2.85 bits per heavy atom. The fourth-order valence-corrected chi connectivity index (χ4v) is 2.21. The van der Waals surface area contributed by atoms with Crippen LogP contribution in [0, 0.1) is 12.8 Å². The lowest BCUT2D eigenvalue weighted by Gasteiger charge is -2.12. The summed E-state index contributed by atoms with van der Waals surface area (Å²) in [4.78, 5) is 4.56. The first kappa shape index (κ1) is 14.6. The molecule has 0 atom stereocenters. The highest BCUT2D eigenvalue weighted by molar-refractivity contribution is 5.55. The van der Waals surface area contributed by atoms with Crippen LogP contribution in [0.5, 0.6) is 0 Å². The second-order valence-electron chi connectivity index (χ2n) is 5.51. The summed E-state index contributed by atoms with van der Waals surface area (Å²) in [6, 6.07) is 8.22. The topological polar surface area (TPSA) is 39.1 Å². The maximum absolute atomic E-state index is 5.16. The van der Waals surface area contributed by atoms with Gasteiger partial charge in [0.2, 0.25) is 5.95 Å². The summed E-state index contributed by atoms with van der Waals surface area (Å²) in [7, 11) is 1.71. The first-order chi connectivity index (χ1) is 9.58. The van der Waals surface area contributed by atoms with Crippen molar-refractivity contribution in [1.29, 1.82) is 0 Å². The summed E-state index contributed by atoms with van der Waals surface area (Å²) in [5.41, 5.74) is 3.22. The Balaban J connectivity index is 2.18. The number of rotatable bonds is 6. The Morgan fingerprint density at radius 1 is 1.35 bits per heavy atom. The average Bonchev–Trinajstić information content (AvgIpc) is 2.69. The van der Waals surface area contributed by atoms with Crippen LogP contribution in [0.2, 0.25) is 0 Å². The summed E-state index contributed by atoms with van der Waals surface area (Å²) in [6.45, 7) is 8.01. The fraction of sp³-hybridized carbons (Fsp3) is 0.438. The quantitative estimate of drug-likeness (QED) is 0.871. The molecule has 0 saturated carbocycles. The predicted octanol–water partition coefficient (Wildman–Crippen LogP) is 3.74. The molecule has 1 heterocycles. The third-order valence-electron chi connectivity index (χ3n) is 2.95. The molecule has 0 radical (unpaired) electrons. The minimum atomic E-state index is 0.587. The van der Waals surface area contributed by atoms with E-state index in [4.69, 9.17) is 4.74 Å². The second-order valence-corrected chi connectivity index (χ2v) is 5.51. The molecule has 4 nitrogen and oxygen atoms in total. The number of ether oxygens (including phenoxy) is 1. The molecule has 2 rings (SSSR count). The van der Waals surface area contributed by atoms with E-state index < -0.39 is 0 Å². The second kappa shape index (κ2) is 6.57. The highest BCUT2D eigenvalue weighted by atomic mass is 16.5. The molecule has 0 fully saturated rings. The van der Waals surface area contributed by atoms with Gasteiger partial charge in [-0.05, 0) is 30.5 Å². The molecule has 0 unspecified atom stereocenters. The first-order valence-electron chi connectivity index (χ1n) is 6.97. The monoisotopic (exact) mass is 273 g/mol. The van der Waals surface area contributed by atoms with Gasteiger partial charge in [-0.1, -0.05) is 26.0 Å². The number of methoxy groups -OCH3 is 1. The molecule has 0 saturated heterocycles. The van der Waals surface area contributed by atoms with E-state index in [0.717, 1.165) is 29.4 Å². The van der Waals surface area contributed by atoms with Gasteiger partial charge >= 0.3 is 0 Å². The van der Waals surface area contributed by atoms with E-state index >= 15 is 0 Å². The lowest BCUT2D eigenvalue weighted by Crippen LogP contribution is -2.07. The molecular formula is C16H23N3O. The predicted molar refractivity (Wildman–Crippen MR) is 82.2 cm³/mol. The van der Waals surface area contributed by atoms with Crippen LogP contribution in [0.25, 0.3) is 0 Å². The molecule has 1 N–H and O–H groups in total. The zero-order valence-corrected chi connectivity index (χ0v) is 12.7. The summed E-state index contributed by atoms with van der Waals surface area (Å²) in [5, 5.41) is 3.39. The van der Waals surface area contributed by atoms with Gasteiger partial charge < -0.3 is 14.6 Å². The van der Waals surface area contributed by atoms with Gasteiger partial charge in [0.15, 0.2) is 0 Å². The van der Waals surface area contributed by atoms with Gasteiger partial charge in [-0.15, -0.1) is 0 Å². The fourth-order valence-electron chi connectivity index (χ4n) is 2.21. The van der Waals surface area contributed by atoms with Gasteiger partial charge in [-0.25, -0.2) is 4.98 Å². The van der Waals surface area contributed by atoms with Crippen molar-refractivity contribution in [3.63, 3.8) is 0 Å². The molecule has 1 aromatic carbocycles. The van der Waals surface area contributed by atoms with Crippen molar-refractivity contribution >= 4 is 11.6 Å². The number of nitrogens with one attached hydrogen (secondary N) is 1. The maximum Gasteiger partial charge on any atom is 0.207 e. The van der Waals surface area contributed by atoms with E-state index in [0.29, 0.717) is 12.5 Å². The number of anilines is 2. The Morgan fingerprint density at radius 2 is 2.15 bits per heavy atom. The van der Waals surface area contributed by atoms with Crippen molar-refractivity contribution < 1.29 is 4.74 Å². The number of imidazole rings is 1. The van der Waals surface area contributed by atoms with Gasteiger partial charge in [0.25, 0.3) is 0 Å². The largest absolute Gasteiger partial charge is 0.380 e. The molecule has 108 valence electrons. The van der Waals surface area contributed by atoms with Crippen molar-refractivity contribution in [2.24, 2.45) is 5.92 Å². The van der Waals surface area contributed by atoms with Crippen LogP contribution in [-0.2, 0) is 17.9 Å². The van der Waals surface area contributed by atoms with Crippen molar-refractivity contribution in [3.8, 4) is 0 Å². The lowest BCUT2D eigenvalue weighted by atomic mass is 10.2. The van der Waals surface area contributed by atoms with Crippen LogP contribution in [-0.4, -0.2) is 16.7 Å². The smallest absolute Gasteiger partial charge is 0.207 e. The van der Waals surface area contributed by atoms with Crippen LogP contribution >= 0.6 is 0 Å². The minimum Gasteiger partial charge on any atom is -0.380 e. The SMILES string of the molecule is COCc1cccc(Nc2nc(C)cn2CC(C)C)c1. The molecule has 0 spiro atoms. The molecule has 20 heavy (non-hydrogen) atoms. The van der Waals surface area contributed by atoms with Crippen LogP contribution in [0.4, 0.5) is 11.6 Å². The van der Waals surface area contributed by atoms with Crippen LogP contribution < -0.4 is 5.32 Å². The Labute approximate surface area is 120 Å². The Hall–Kier alpha value is -1.81.